The first kappa shape index (κ1) is 13.2. The van der Waals surface area contributed by atoms with Gasteiger partial charge in [0, 0.05) is 23.3 Å². The number of nitrogens with zero attached hydrogens (tertiary/aromatic N) is 2. The van der Waals surface area contributed by atoms with E-state index in [1.54, 1.807) is 24.7 Å². The summed E-state index contributed by atoms with van der Waals surface area (Å²) in [6.07, 6.45) is 3.32. The van der Waals surface area contributed by atoms with Gasteiger partial charge in [0.1, 0.15) is 0 Å². The molecule has 0 bridgehead atoms. The largest absolute Gasteiger partial charge is 0.459 e. The molecule has 0 unspecified atom stereocenters. The number of carbonyl (C=O) groups is 2. The Morgan fingerprint density at radius 2 is 2.11 bits per heavy atom. The molecule has 1 N–H and O–H groups in total. The van der Waals surface area contributed by atoms with E-state index in [1.165, 1.54) is 11.3 Å². The van der Waals surface area contributed by atoms with Crippen molar-refractivity contribution in [3.05, 3.63) is 29.9 Å². The average Bonchev–Trinajstić information content (AvgIpc) is 2.88. The molecule has 0 atom stereocenters. The second kappa shape index (κ2) is 6.05. The zero-order valence-corrected chi connectivity index (χ0v) is 10.9. The smallest absolute Gasteiger partial charge is 0.397 e. The molecule has 0 saturated heterocycles. The molecule has 2 aromatic heterocycles. The molecule has 6 nitrogen and oxygen atoms in total. The number of amides is 1. The quantitative estimate of drug-likeness (QED) is 0.682. The van der Waals surface area contributed by atoms with Crippen LogP contribution < -0.4 is 5.32 Å². The average molecular weight is 277 g/mol. The highest BCUT2D eigenvalue weighted by molar-refractivity contribution is 7.14. The Labute approximate surface area is 113 Å². The van der Waals surface area contributed by atoms with Gasteiger partial charge in [0.05, 0.1) is 12.3 Å². The summed E-state index contributed by atoms with van der Waals surface area (Å²) >= 11 is 1.24. The molecule has 0 saturated carbocycles. The van der Waals surface area contributed by atoms with Gasteiger partial charge >= 0.3 is 11.9 Å². The number of hydrogen-bond acceptors (Lipinski definition) is 6. The molecular weight excluding hydrogens is 266 g/mol. The van der Waals surface area contributed by atoms with Gasteiger partial charge in [-0.05, 0) is 19.1 Å². The van der Waals surface area contributed by atoms with Gasteiger partial charge < -0.3 is 4.74 Å². The molecule has 2 heterocycles. The summed E-state index contributed by atoms with van der Waals surface area (Å²) in [5.74, 6) is -1.74. The van der Waals surface area contributed by atoms with Crippen LogP contribution in [0.3, 0.4) is 0 Å². The van der Waals surface area contributed by atoms with Crippen LogP contribution in [-0.4, -0.2) is 28.5 Å². The Morgan fingerprint density at radius 3 is 2.79 bits per heavy atom. The van der Waals surface area contributed by atoms with Crippen molar-refractivity contribution < 1.29 is 14.3 Å². The summed E-state index contributed by atoms with van der Waals surface area (Å²) in [4.78, 5) is 30.7. The van der Waals surface area contributed by atoms with Crippen LogP contribution in [-0.2, 0) is 14.3 Å². The third-order valence-corrected chi connectivity index (χ3v) is 2.92. The minimum atomic E-state index is -0.914. The zero-order chi connectivity index (χ0) is 13.7. The molecule has 0 aliphatic heterocycles. The molecule has 2 aromatic rings. The Kier molecular flexibility index (Phi) is 4.19. The monoisotopic (exact) mass is 277 g/mol. The number of pyridine rings is 1. The molecule has 7 heteroatoms. The summed E-state index contributed by atoms with van der Waals surface area (Å²) in [6.45, 7) is 1.79. The number of rotatable bonds is 3. The molecule has 1 amide bonds. The van der Waals surface area contributed by atoms with Crippen LogP contribution in [0.5, 0.6) is 0 Å². The second-order valence-electron chi connectivity index (χ2n) is 3.45. The number of aromatic nitrogens is 2. The van der Waals surface area contributed by atoms with Crippen LogP contribution in [0.25, 0.3) is 11.3 Å². The maximum Gasteiger partial charge on any atom is 0.397 e. The number of nitrogens with one attached hydrogen (secondary N) is 1. The van der Waals surface area contributed by atoms with Crippen LogP contribution in [0, 0.1) is 0 Å². The Bertz CT molecular complexity index is 583. The number of hydrogen-bond donors (Lipinski definition) is 1. The highest BCUT2D eigenvalue weighted by Gasteiger charge is 2.16. The van der Waals surface area contributed by atoms with Crippen LogP contribution in [0.4, 0.5) is 5.13 Å². The Hall–Kier alpha value is -2.28. The number of thiazole rings is 1. The van der Waals surface area contributed by atoms with Gasteiger partial charge in [0.2, 0.25) is 0 Å². The van der Waals surface area contributed by atoms with Crippen LogP contribution >= 0.6 is 11.3 Å². The minimum absolute atomic E-state index is 0.159. The van der Waals surface area contributed by atoms with Gasteiger partial charge in [-0.2, -0.15) is 0 Å². The number of ether oxygens (including phenoxy) is 1. The molecule has 0 aliphatic rings. The van der Waals surface area contributed by atoms with Gasteiger partial charge in [-0.1, -0.05) is 0 Å². The predicted octanol–water partition coefficient (Wildman–Crippen LogP) is 1.71. The van der Waals surface area contributed by atoms with Crippen molar-refractivity contribution in [1.29, 1.82) is 0 Å². The number of anilines is 1. The minimum Gasteiger partial charge on any atom is -0.459 e. The fraction of sp³-hybridized carbons (Fsp3) is 0.167. The normalized spacial score (nSPS) is 9.95. The van der Waals surface area contributed by atoms with E-state index >= 15 is 0 Å². The lowest BCUT2D eigenvalue weighted by Gasteiger charge is -2.00. The van der Waals surface area contributed by atoms with Crippen LogP contribution in [0.15, 0.2) is 29.9 Å². The van der Waals surface area contributed by atoms with E-state index in [4.69, 9.17) is 0 Å². The van der Waals surface area contributed by atoms with Crippen molar-refractivity contribution in [2.45, 2.75) is 6.92 Å². The fourth-order valence-corrected chi connectivity index (χ4v) is 2.05. The Balaban J connectivity index is 2.06. The van der Waals surface area contributed by atoms with Gasteiger partial charge in [0.15, 0.2) is 5.13 Å². The zero-order valence-electron chi connectivity index (χ0n) is 10.1. The molecule has 19 heavy (non-hydrogen) atoms. The Morgan fingerprint density at radius 1 is 1.37 bits per heavy atom. The van der Waals surface area contributed by atoms with E-state index in [9.17, 15) is 9.59 Å². The van der Waals surface area contributed by atoms with E-state index in [0.29, 0.717) is 10.8 Å². The number of carbonyl (C=O) groups excluding carboxylic acids is 2. The van der Waals surface area contributed by atoms with Crippen molar-refractivity contribution in [3.63, 3.8) is 0 Å². The molecular formula is C12H11N3O3S. The first-order chi connectivity index (χ1) is 9.20. The second-order valence-corrected chi connectivity index (χ2v) is 4.31. The standard InChI is InChI=1S/C12H11N3O3S/c1-2-18-11(17)10(16)15-12-14-9(7-19-12)8-3-5-13-6-4-8/h3-7H,2H2,1H3,(H,14,15,16). The third-order valence-electron chi connectivity index (χ3n) is 2.16. The first-order valence-electron chi connectivity index (χ1n) is 5.54. The molecule has 2 rings (SSSR count). The van der Waals surface area contributed by atoms with Crippen molar-refractivity contribution >= 4 is 28.3 Å². The van der Waals surface area contributed by atoms with Crippen LogP contribution in [0.1, 0.15) is 6.92 Å². The highest BCUT2D eigenvalue weighted by Crippen LogP contribution is 2.24. The maximum absolute atomic E-state index is 11.4. The molecule has 0 radical (unpaired) electrons. The van der Waals surface area contributed by atoms with E-state index < -0.39 is 11.9 Å². The van der Waals surface area contributed by atoms with Crippen molar-refractivity contribution in [2.75, 3.05) is 11.9 Å². The lowest BCUT2D eigenvalue weighted by atomic mass is 10.2. The summed E-state index contributed by atoms with van der Waals surface area (Å²) in [5.41, 5.74) is 1.61. The topological polar surface area (TPSA) is 81.2 Å². The fourth-order valence-electron chi connectivity index (χ4n) is 1.33. The molecule has 0 aromatic carbocycles. The molecule has 0 spiro atoms. The van der Waals surface area contributed by atoms with Crippen LogP contribution in [0.2, 0.25) is 0 Å². The summed E-state index contributed by atoms with van der Waals surface area (Å²) in [6, 6.07) is 3.62. The van der Waals surface area contributed by atoms with Crippen molar-refractivity contribution in [2.24, 2.45) is 0 Å². The first-order valence-corrected chi connectivity index (χ1v) is 6.42. The summed E-state index contributed by atoms with van der Waals surface area (Å²) in [7, 11) is 0. The van der Waals surface area contributed by atoms with E-state index in [-0.39, 0.29) is 6.61 Å². The SMILES string of the molecule is CCOC(=O)C(=O)Nc1nc(-c2ccncc2)cs1. The van der Waals surface area contributed by atoms with Gasteiger partial charge in [-0.3, -0.25) is 15.1 Å². The van der Waals surface area contributed by atoms with Gasteiger partial charge in [-0.15, -0.1) is 11.3 Å². The van der Waals surface area contributed by atoms with Gasteiger partial charge in [-0.25, -0.2) is 9.78 Å². The summed E-state index contributed by atoms with van der Waals surface area (Å²) < 4.78 is 4.58. The number of esters is 1. The maximum atomic E-state index is 11.4. The van der Waals surface area contributed by atoms with E-state index in [2.05, 4.69) is 20.0 Å². The predicted molar refractivity (Wildman–Crippen MR) is 70.6 cm³/mol. The molecule has 0 fully saturated rings. The molecule has 98 valence electrons. The van der Waals surface area contributed by atoms with E-state index in [1.807, 2.05) is 12.1 Å². The summed E-state index contributed by atoms with van der Waals surface area (Å²) in [5, 5.41) is 4.53. The lowest BCUT2D eigenvalue weighted by molar-refractivity contribution is -0.152. The van der Waals surface area contributed by atoms with Crippen molar-refractivity contribution in [3.8, 4) is 11.3 Å². The highest BCUT2D eigenvalue weighted by atomic mass is 32.1. The molecule has 0 aliphatic carbocycles. The lowest BCUT2D eigenvalue weighted by Crippen LogP contribution is -2.24. The third kappa shape index (κ3) is 3.35. The van der Waals surface area contributed by atoms with Gasteiger partial charge in [0.25, 0.3) is 0 Å². The van der Waals surface area contributed by atoms with Crippen molar-refractivity contribution in [1.82, 2.24) is 9.97 Å². The van der Waals surface area contributed by atoms with E-state index in [0.717, 1.165) is 5.56 Å².